The van der Waals surface area contributed by atoms with E-state index in [-0.39, 0.29) is 0 Å². The molecule has 0 aliphatic carbocycles. The minimum atomic E-state index is 0.617. The predicted molar refractivity (Wildman–Crippen MR) is 71.9 cm³/mol. The minimum absolute atomic E-state index is 0.617. The van der Waals surface area contributed by atoms with Crippen molar-refractivity contribution < 1.29 is 0 Å². The molecule has 1 aliphatic heterocycles. The highest BCUT2D eigenvalue weighted by molar-refractivity contribution is 6.25. The predicted octanol–water partition coefficient (Wildman–Crippen LogP) is 2.84. The largest absolute Gasteiger partial charge is 0.311 e. The second-order valence-electron chi connectivity index (χ2n) is 5.21. The van der Waals surface area contributed by atoms with Gasteiger partial charge in [0, 0.05) is 37.3 Å². The molecule has 1 heterocycles. The van der Waals surface area contributed by atoms with Crippen molar-refractivity contribution >= 4 is 11.6 Å². The van der Waals surface area contributed by atoms with Gasteiger partial charge in [0.15, 0.2) is 0 Å². The van der Waals surface area contributed by atoms with Crippen molar-refractivity contribution in [3.63, 3.8) is 0 Å². The molecule has 2 atom stereocenters. The molecule has 0 amide bonds. The molecule has 0 spiro atoms. The summed E-state index contributed by atoms with van der Waals surface area (Å²) in [5.74, 6) is 0.695. The number of nitrogens with zero attached hydrogens (tertiary/aromatic N) is 1. The zero-order chi connectivity index (χ0) is 12.1. The third-order valence-electron chi connectivity index (χ3n) is 3.48. The van der Waals surface area contributed by atoms with Gasteiger partial charge in [-0.05, 0) is 24.8 Å². The lowest BCUT2D eigenvalue weighted by Crippen LogP contribution is -2.58. The van der Waals surface area contributed by atoms with Crippen LogP contribution in [0.4, 0.5) is 0 Å². The molecule has 94 valence electrons. The van der Waals surface area contributed by atoms with Crippen LogP contribution < -0.4 is 5.32 Å². The summed E-state index contributed by atoms with van der Waals surface area (Å²) >= 11 is 5.76. The maximum absolute atomic E-state index is 5.76. The monoisotopic (exact) mass is 244 g/mol. The molecule has 0 radical (unpaired) electrons. The number of hydrogen-bond donors (Lipinski definition) is 1. The lowest BCUT2D eigenvalue weighted by molar-refractivity contribution is 0.121. The van der Waals surface area contributed by atoms with Crippen molar-refractivity contribution in [1.29, 1.82) is 0 Å². The summed E-state index contributed by atoms with van der Waals surface area (Å²) in [6.45, 7) is 12.2. The van der Waals surface area contributed by atoms with Gasteiger partial charge in [-0.25, -0.2) is 0 Å². The van der Waals surface area contributed by atoms with Gasteiger partial charge >= 0.3 is 0 Å². The van der Waals surface area contributed by atoms with E-state index in [0.29, 0.717) is 18.0 Å². The smallest absolute Gasteiger partial charge is 0.0222 e. The molecule has 0 bridgehead atoms. The Hall–Kier alpha value is -0.0500. The number of piperazine rings is 1. The molecular formula is C13H25ClN2. The average Bonchev–Trinajstić information content (AvgIpc) is 2.28. The van der Waals surface area contributed by atoms with Crippen LogP contribution in [0.5, 0.6) is 0 Å². The maximum atomic E-state index is 5.76. The van der Waals surface area contributed by atoms with Gasteiger partial charge in [-0.3, -0.25) is 4.90 Å². The van der Waals surface area contributed by atoms with Crippen molar-refractivity contribution in [2.75, 3.05) is 19.6 Å². The fourth-order valence-corrected chi connectivity index (χ4v) is 2.35. The summed E-state index contributed by atoms with van der Waals surface area (Å²) in [5, 5.41) is 3.65. The van der Waals surface area contributed by atoms with Crippen LogP contribution in [0.3, 0.4) is 0 Å². The van der Waals surface area contributed by atoms with Crippen LogP contribution in [0.25, 0.3) is 0 Å². The van der Waals surface area contributed by atoms with Crippen molar-refractivity contribution in [3.05, 3.63) is 11.1 Å². The van der Waals surface area contributed by atoms with E-state index in [1.807, 2.05) is 0 Å². The van der Waals surface area contributed by atoms with Crippen LogP contribution >= 0.6 is 11.6 Å². The number of rotatable bonds is 4. The molecule has 1 rings (SSSR count). The second-order valence-corrected chi connectivity index (χ2v) is 5.42. The van der Waals surface area contributed by atoms with Crippen molar-refractivity contribution in [1.82, 2.24) is 10.2 Å². The fraction of sp³-hybridized carbons (Fsp3) is 0.846. The first-order valence-corrected chi connectivity index (χ1v) is 6.75. The first kappa shape index (κ1) is 14.0. The van der Waals surface area contributed by atoms with Crippen LogP contribution in [-0.2, 0) is 0 Å². The second kappa shape index (κ2) is 6.63. The third-order valence-corrected chi connectivity index (χ3v) is 3.85. The molecule has 3 heteroatoms. The third kappa shape index (κ3) is 3.76. The molecule has 1 fully saturated rings. The lowest BCUT2D eigenvalue weighted by atomic mass is 9.98. The quantitative estimate of drug-likeness (QED) is 0.818. The standard InChI is InChI=1S/C13H25ClN2/c1-5-12-7-15-13(10(2)3)9-16(12)8-11(4)6-14/h6,10,12-13,15H,5,7-9H2,1-4H3. The van der Waals surface area contributed by atoms with E-state index in [9.17, 15) is 0 Å². The molecule has 16 heavy (non-hydrogen) atoms. The first-order valence-electron chi connectivity index (χ1n) is 6.31. The number of hydrogen-bond acceptors (Lipinski definition) is 2. The van der Waals surface area contributed by atoms with Gasteiger partial charge in [0.05, 0.1) is 0 Å². The SMILES string of the molecule is CCC1CNC(C(C)C)CN1CC(C)=CCl. The summed E-state index contributed by atoms with van der Waals surface area (Å²) in [6, 6.07) is 1.27. The molecule has 2 nitrogen and oxygen atoms in total. The van der Waals surface area contributed by atoms with E-state index in [4.69, 9.17) is 11.6 Å². The van der Waals surface area contributed by atoms with E-state index < -0.39 is 0 Å². The Balaban J connectivity index is 2.60. The van der Waals surface area contributed by atoms with Gasteiger partial charge in [0.1, 0.15) is 0 Å². The van der Waals surface area contributed by atoms with E-state index in [1.54, 1.807) is 5.54 Å². The van der Waals surface area contributed by atoms with Crippen LogP contribution in [-0.4, -0.2) is 36.6 Å². The molecule has 0 saturated carbocycles. The Labute approximate surface area is 105 Å². The van der Waals surface area contributed by atoms with Crippen molar-refractivity contribution in [3.8, 4) is 0 Å². The number of halogens is 1. The highest BCUT2D eigenvalue weighted by Gasteiger charge is 2.27. The highest BCUT2D eigenvalue weighted by atomic mass is 35.5. The number of nitrogens with one attached hydrogen (secondary N) is 1. The van der Waals surface area contributed by atoms with E-state index in [1.165, 1.54) is 12.0 Å². The summed E-state index contributed by atoms with van der Waals surface area (Å²) in [4.78, 5) is 2.56. The van der Waals surface area contributed by atoms with Crippen molar-refractivity contribution in [2.24, 2.45) is 5.92 Å². The van der Waals surface area contributed by atoms with E-state index in [0.717, 1.165) is 19.6 Å². The Morgan fingerprint density at radius 1 is 1.56 bits per heavy atom. The molecule has 0 aromatic rings. The summed E-state index contributed by atoms with van der Waals surface area (Å²) in [6.07, 6.45) is 1.20. The van der Waals surface area contributed by atoms with Gasteiger partial charge in [-0.15, -0.1) is 0 Å². The van der Waals surface area contributed by atoms with Gasteiger partial charge < -0.3 is 5.32 Å². The topological polar surface area (TPSA) is 15.3 Å². The Morgan fingerprint density at radius 3 is 2.75 bits per heavy atom. The molecule has 0 aromatic heterocycles. The van der Waals surface area contributed by atoms with Gasteiger partial charge in [-0.1, -0.05) is 32.4 Å². The van der Waals surface area contributed by atoms with Crippen LogP contribution in [0, 0.1) is 5.92 Å². The van der Waals surface area contributed by atoms with Crippen molar-refractivity contribution in [2.45, 2.75) is 46.2 Å². The molecular weight excluding hydrogens is 220 g/mol. The van der Waals surface area contributed by atoms with Crippen LogP contribution in [0.15, 0.2) is 11.1 Å². The van der Waals surface area contributed by atoms with Gasteiger partial charge in [-0.2, -0.15) is 0 Å². The zero-order valence-electron chi connectivity index (χ0n) is 11.0. The Kier molecular flexibility index (Phi) is 5.81. The van der Waals surface area contributed by atoms with Gasteiger partial charge in [0.2, 0.25) is 0 Å². The minimum Gasteiger partial charge on any atom is -0.311 e. The molecule has 0 aromatic carbocycles. The lowest BCUT2D eigenvalue weighted by Gasteiger charge is -2.41. The molecule has 1 aliphatic rings. The highest BCUT2D eigenvalue weighted by Crippen LogP contribution is 2.16. The Morgan fingerprint density at radius 2 is 2.25 bits per heavy atom. The van der Waals surface area contributed by atoms with E-state index >= 15 is 0 Å². The Bertz CT molecular complexity index is 238. The maximum Gasteiger partial charge on any atom is 0.0222 e. The normalized spacial score (nSPS) is 28.8. The molecule has 1 saturated heterocycles. The van der Waals surface area contributed by atoms with E-state index in [2.05, 4.69) is 37.9 Å². The van der Waals surface area contributed by atoms with Crippen LogP contribution in [0.2, 0.25) is 0 Å². The van der Waals surface area contributed by atoms with Gasteiger partial charge in [0.25, 0.3) is 0 Å². The van der Waals surface area contributed by atoms with Crippen LogP contribution in [0.1, 0.15) is 34.1 Å². The zero-order valence-corrected chi connectivity index (χ0v) is 11.7. The molecule has 2 unspecified atom stereocenters. The first-order chi connectivity index (χ1) is 7.58. The fourth-order valence-electron chi connectivity index (χ4n) is 2.28. The molecule has 1 N–H and O–H groups in total. The summed E-state index contributed by atoms with van der Waals surface area (Å²) in [5.41, 5.74) is 2.96. The summed E-state index contributed by atoms with van der Waals surface area (Å²) in [7, 11) is 0. The summed E-state index contributed by atoms with van der Waals surface area (Å²) < 4.78 is 0. The average molecular weight is 245 g/mol.